The van der Waals surface area contributed by atoms with Gasteiger partial charge >= 0.3 is 0 Å². The lowest BCUT2D eigenvalue weighted by Gasteiger charge is -2.13. The molecular weight excluding hydrogens is 330 g/mol. The van der Waals surface area contributed by atoms with Crippen molar-refractivity contribution in [1.29, 1.82) is 0 Å². The molecule has 0 aliphatic carbocycles. The lowest BCUT2D eigenvalue weighted by molar-refractivity contribution is -0.121. The molecular formula is C15H15ClF2N2O3. The van der Waals surface area contributed by atoms with Crippen LogP contribution in [0, 0.1) is 18.6 Å². The van der Waals surface area contributed by atoms with Crippen molar-refractivity contribution in [2.45, 2.75) is 25.9 Å². The van der Waals surface area contributed by atoms with Crippen molar-refractivity contribution >= 4 is 17.5 Å². The lowest BCUT2D eigenvalue weighted by Crippen LogP contribution is -2.29. The molecule has 1 unspecified atom stereocenters. The first-order chi connectivity index (χ1) is 10.9. The largest absolute Gasteiger partial charge is 0.386 e. The number of carbonyl (C=O) groups is 1. The Balaban J connectivity index is 1.87. The number of aliphatic hydroxyl groups is 1. The SMILES string of the molecule is Cc1noc(Cl)c1CCC(=O)NCC(O)c1c(F)cccc1F. The number of aliphatic hydroxyl groups excluding tert-OH is 1. The van der Waals surface area contributed by atoms with Gasteiger partial charge in [0.05, 0.1) is 11.3 Å². The van der Waals surface area contributed by atoms with E-state index in [0.717, 1.165) is 12.1 Å². The van der Waals surface area contributed by atoms with E-state index in [1.165, 1.54) is 6.07 Å². The number of carbonyl (C=O) groups excluding carboxylic acids is 1. The van der Waals surface area contributed by atoms with Crippen molar-refractivity contribution in [2.24, 2.45) is 0 Å². The van der Waals surface area contributed by atoms with Gasteiger partial charge in [0.1, 0.15) is 17.7 Å². The summed E-state index contributed by atoms with van der Waals surface area (Å²) < 4.78 is 31.8. The molecule has 1 aromatic carbocycles. The predicted octanol–water partition coefficient (Wildman–Crippen LogP) is 2.70. The van der Waals surface area contributed by atoms with Crippen LogP contribution in [0.1, 0.15) is 29.3 Å². The highest BCUT2D eigenvalue weighted by atomic mass is 35.5. The van der Waals surface area contributed by atoms with Gasteiger partial charge in [-0.25, -0.2) is 8.78 Å². The Hall–Kier alpha value is -1.99. The Labute approximate surface area is 136 Å². The number of benzene rings is 1. The van der Waals surface area contributed by atoms with Gasteiger partial charge in [-0.3, -0.25) is 4.79 Å². The van der Waals surface area contributed by atoms with Crippen molar-refractivity contribution in [3.8, 4) is 0 Å². The van der Waals surface area contributed by atoms with E-state index in [-0.39, 0.29) is 18.2 Å². The van der Waals surface area contributed by atoms with Crippen LogP contribution in [0.4, 0.5) is 8.78 Å². The first kappa shape index (κ1) is 17.4. The molecule has 5 nitrogen and oxygen atoms in total. The second kappa shape index (κ2) is 7.52. The zero-order valence-electron chi connectivity index (χ0n) is 12.3. The summed E-state index contributed by atoms with van der Waals surface area (Å²) in [5, 5.41) is 16.0. The minimum absolute atomic E-state index is 0.0776. The van der Waals surface area contributed by atoms with Crippen molar-refractivity contribution in [1.82, 2.24) is 10.5 Å². The van der Waals surface area contributed by atoms with Gasteiger partial charge in [0, 0.05) is 18.5 Å². The number of aromatic nitrogens is 1. The van der Waals surface area contributed by atoms with E-state index in [1.54, 1.807) is 6.92 Å². The number of halogens is 3. The minimum Gasteiger partial charge on any atom is -0.386 e. The van der Waals surface area contributed by atoms with Crippen LogP contribution in [0.25, 0.3) is 0 Å². The van der Waals surface area contributed by atoms with Gasteiger partial charge in [-0.2, -0.15) is 0 Å². The molecule has 1 atom stereocenters. The Bertz CT molecular complexity index is 666. The van der Waals surface area contributed by atoms with Crippen LogP contribution in [0.2, 0.25) is 5.22 Å². The second-order valence-corrected chi connectivity index (χ2v) is 5.32. The fourth-order valence-corrected chi connectivity index (χ4v) is 2.37. The smallest absolute Gasteiger partial charge is 0.229 e. The first-order valence-electron chi connectivity index (χ1n) is 6.89. The summed E-state index contributed by atoms with van der Waals surface area (Å²) in [5.41, 5.74) is 0.754. The van der Waals surface area contributed by atoms with Gasteiger partial charge in [-0.1, -0.05) is 11.2 Å². The molecule has 1 aromatic heterocycles. The Morgan fingerprint density at radius 1 is 1.43 bits per heavy atom. The molecule has 23 heavy (non-hydrogen) atoms. The molecule has 2 N–H and O–H groups in total. The molecule has 0 aliphatic heterocycles. The summed E-state index contributed by atoms with van der Waals surface area (Å²) in [7, 11) is 0. The zero-order chi connectivity index (χ0) is 17.0. The lowest BCUT2D eigenvalue weighted by atomic mass is 10.1. The van der Waals surface area contributed by atoms with Crippen LogP contribution in [0.3, 0.4) is 0 Å². The third kappa shape index (κ3) is 4.27. The third-order valence-electron chi connectivity index (χ3n) is 3.36. The first-order valence-corrected chi connectivity index (χ1v) is 7.27. The number of rotatable bonds is 6. The molecule has 0 saturated heterocycles. The summed E-state index contributed by atoms with van der Waals surface area (Å²) in [5.74, 6) is -2.12. The third-order valence-corrected chi connectivity index (χ3v) is 3.66. The van der Waals surface area contributed by atoms with Gasteiger partial charge in [0.2, 0.25) is 11.1 Å². The molecule has 0 aliphatic rings. The molecule has 0 radical (unpaired) electrons. The van der Waals surface area contributed by atoms with Crippen LogP contribution >= 0.6 is 11.6 Å². The predicted molar refractivity (Wildman–Crippen MR) is 78.9 cm³/mol. The van der Waals surface area contributed by atoms with E-state index in [1.807, 2.05) is 0 Å². The van der Waals surface area contributed by atoms with Crippen LogP contribution < -0.4 is 5.32 Å². The fourth-order valence-electron chi connectivity index (χ4n) is 2.11. The van der Waals surface area contributed by atoms with E-state index >= 15 is 0 Å². The second-order valence-electron chi connectivity index (χ2n) is 4.98. The zero-order valence-corrected chi connectivity index (χ0v) is 13.0. The van der Waals surface area contributed by atoms with Crippen LogP contribution in [0.15, 0.2) is 22.7 Å². The molecule has 0 spiro atoms. The number of nitrogens with one attached hydrogen (secondary N) is 1. The van der Waals surface area contributed by atoms with E-state index < -0.39 is 29.2 Å². The molecule has 124 valence electrons. The Kier molecular flexibility index (Phi) is 5.68. The molecule has 8 heteroatoms. The standard InChI is InChI=1S/C15H15ClF2N2O3/c1-8-9(15(16)23-20-8)5-6-13(22)19-7-12(21)14-10(17)3-2-4-11(14)18/h2-4,12,21H,5-7H2,1H3,(H,19,22). The maximum absolute atomic E-state index is 13.5. The topological polar surface area (TPSA) is 75.4 Å². The van der Waals surface area contributed by atoms with Crippen LogP contribution in [-0.4, -0.2) is 22.7 Å². The number of hydrogen-bond donors (Lipinski definition) is 2. The summed E-state index contributed by atoms with van der Waals surface area (Å²) in [6.45, 7) is 1.40. The summed E-state index contributed by atoms with van der Waals surface area (Å²) >= 11 is 5.79. The van der Waals surface area contributed by atoms with E-state index in [9.17, 15) is 18.7 Å². The van der Waals surface area contributed by atoms with Crippen LogP contribution in [0.5, 0.6) is 0 Å². The summed E-state index contributed by atoms with van der Waals surface area (Å²) in [4.78, 5) is 11.8. The van der Waals surface area contributed by atoms with Gasteiger partial charge in [0.15, 0.2) is 0 Å². The van der Waals surface area contributed by atoms with Crippen molar-refractivity contribution in [2.75, 3.05) is 6.54 Å². The van der Waals surface area contributed by atoms with E-state index in [4.69, 9.17) is 16.1 Å². The number of aryl methyl sites for hydroxylation is 1. The van der Waals surface area contributed by atoms with Crippen molar-refractivity contribution in [3.05, 3.63) is 51.9 Å². The van der Waals surface area contributed by atoms with Gasteiger partial charge in [0.25, 0.3) is 0 Å². The number of amides is 1. The monoisotopic (exact) mass is 344 g/mol. The molecule has 1 heterocycles. The molecule has 2 rings (SSSR count). The van der Waals surface area contributed by atoms with Crippen molar-refractivity contribution < 1.29 is 23.2 Å². The molecule has 0 saturated carbocycles. The minimum atomic E-state index is -1.47. The van der Waals surface area contributed by atoms with Gasteiger partial charge in [-0.05, 0) is 37.1 Å². The summed E-state index contributed by atoms with van der Waals surface area (Å²) in [6, 6.07) is 3.28. The highest BCUT2D eigenvalue weighted by Crippen LogP contribution is 2.21. The van der Waals surface area contributed by atoms with Gasteiger partial charge < -0.3 is 14.9 Å². The molecule has 0 bridgehead atoms. The quantitative estimate of drug-likeness (QED) is 0.845. The van der Waals surface area contributed by atoms with E-state index in [0.29, 0.717) is 17.7 Å². The molecule has 0 fully saturated rings. The molecule has 1 amide bonds. The summed E-state index contributed by atoms with van der Waals surface area (Å²) in [6.07, 6.45) is -1.08. The van der Waals surface area contributed by atoms with E-state index in [2.05, 4.69) is 10.5 Å². The highest BCUT2D eigenvalue weighted by molar-refractivity contribution is 6.29. The number of nitrogens with zero attached hydrogens (tertiary/aromatic N) is 1. The van der Waals surface area contributed by atoms with Gasteiger partial charge in [-0.15, -0.1) is 0 Å². The normalized spacial score (nSPS) is 12.2. The van der Waals surface area contributed by atoms with Crippen molar-refractivity contribution in [3.63, 3.8) is 0 Å². The highest BCUT2D eigenvalue weighted by Gasteiger charge is 2.19. The average molecular weight is 345 g/mol. The fraction of sp³-hybridized carbons (Fsp3) is 0.333. The maximum atomic E-state index is 13.5. The van der Waals surface area contributed by atoms with Crippen LogP contribution in [-0.2, 0) is 11.2 Å². The Morgan fingerprint density at radius 2 is 2.09 bits per heavy atom. The number of hydrogen-bond acceptors (Lipinski definition) is 4. The maximum Gasteiger partial charge on any atom is 0.229 e. The molecule has 2 aromatic rings. The average Bonchev–Trinajstić information content (AvgIpc) is 2.81. The Morgan fingerprint density at radius 3 is 2.65 bits per heavy atom.